The molecule has 0 atom stereocenters. The largest absolute Gasteiger partial charge is 0.454 e. The van der Waals surface area contributed by atoms with Gasteiger partial charge in [0, 0.05) is 30.6 Å². The van der Waals surface area contributed by atoms with Crippen LogP contribution in [0.15, 0.2) is 36.5 Å². The number of anilines is 1. The molecule has 0 radical (unpaired) electrons. The Balaban J connectivity index is 1.69. The minimum Gasteiger partial charge on any atom is -0.454 e. The van der Waals surface area contributed by atoms with Crippen LogP contribution in [0.1, 0.15) is 21.7 Å². The molecule has 0 saturated carbocycles. The van der Waals surface area contributed by atoms with Gasteiger partial charge in [-0.05, 0) is 31.2 Å². The first-order valence-corrected chi connectivity index (χ1v) is 9.01. The fraction of sp³-hybridized carbons (Fsp3) is 0.211. The monoisotopic (exact) mass is 438 g/mol. The predicted octanol–water partition coefficient (Wildman–Crippen LogP) is 4.25. The maximum atomic E-state index is 13.5. The van der Waals surface area contributed by atoms with E-state index in [2.05, 4.69) is 10.1 Å². The first-order valence-electron chi connectivity index (χ1n) is 8.63. The van der Waals surface area contributed by atoms with E-state index in [0.717, 1.165) is 0 Å². The number of carbonyl (C=O) groups is 1. The van der Waals surface area contributed by atoms with Gasteiger partial charge >= 0.3 is 6.18 Å². The molecule has 1 aliphatic rings. The Hall–Kier alpha value is -3.27. The third kappa shape index (κ3) is 3.43. The molecule has 0 N–H and O–H groups in total. The lowest BCUT2D eigenvalue weighted by Crippen LogP contribution is -2.26. The highest BCUT2D eigenvalue weighted by Crippen LogP contribution is 2.38. The lowest BCUT2D eigenvalue weighted by Gasteiger charge is -2.18. The topological polar surface area (TPSA) is 69.5 Å². The van der Waals surface area contributed by atoms with Crippen LogP contribution in [-0.4, -0.2) is 34.5 Å². The number of halogens is 4. The molecule has 4 rings (SSSR count). The summed E-state index contributed by atoms with van der Waals surface area (Å²) < 4.78 is 51.5. The van der Waals surface area contributed by atoms with E-state index in [0.29, 0.717) is 21.9 Å². The minimum absolute atomic E-state index is 0.000000751. The number of aromatic nitrogens is 3. The molecule has 1 amide bonds. The normalized spacial score (nSPS) is 12.9. The number of carbonyl (C=O) groups excluding carboxylic acids is 1. The number of benzene rings is 1. The van der Waals surface area contributed by atoms with E-state index in [1.165, 1.54) is 37.2 Å². The molecule has 3 heterocycles. The Morgan fingerprint density at radius 2 is 1.93 bits per heavy atom. The number of hydrogen-bond donors (Lipinski definition) is 0. The Bertz CT molecular complexity index is 1150. The van der Waals surface area contributed by atoms with Gasteiger partial charge < -0.3 is 14.4 Å². The average Bonchev–Trinajstić information content (AvgIpc) is 3.30. The molecule has 3 aromatic rings. The third-order valence-corrected chi connectivity index (χ3v) is 4.97. The lowest BCUT2D eigenvalue weighted by atomic mass is 10.2. The molecule has 1 aliphatic heterocycles. The number of nitrogens with zero attached hydrogens (tertiary/aromatic N) is 4. The molecule has 11 heteroatoms. The van der Waals surface area contributed by atoms with Crippen molar-refractivity contribution >= 4 is 23.2 Å². The molecule has 0 spiro atoms. The second-order valence-electron chi connectivity index (χ2n) is 6.46. The summed E-state index contributed by atoms with van der Waals surface area (Å²) >= 11 is 5.80. The Kier molecular flexibility index (Phi) is 4.81. The molecule has 0 saturated heterocycles. The van der Waals surface area contributed by atoms with Crippen LogP contribution >= 0.6 is 11.6 Å². The Labute approximate surface area is 173 Å². The van der Waals surface area contributed by atoms with E-state index in [-0.39, 0.29) is 23.9 Å². The van der Waals surface area contributed by atoms with Crippen molar-refractivity contribution in [3.63, 3.8) is 0 Å². The van der Waals surface area contributed by atoms with E-state index >= 15 is 0 Å². The number of pyridine rings is 1. The van der Waals surface area contributed by atoms with Gasteiger partial charge in [0.15, 0.2) is 23.0 Å². The van der Waals surface area contributed by atoms with Gasteiger partial charge in [0.2, 0.25) is 6.79 Å². The van der Waals surface area contributed by atoms with Crippen molar-refractivity contribution in [2.24, 2.45) is 0 Å². The third-order valence-electron chi connectivity index (χ3n) is 4.51. The first-order chi connectivity index (χ1) is 14.2. The smallest absolute Gasteiger partial charge is 0.435 e. The van der Waals surface area contributed by atoms with Crippen LogP contribution < -0.4 is 14.4 Å². The summed E-state index contributed by atoms with van der Waals surface area (Å²) in [6.07, 6.45) is -3.51. The Morgan fingerprint density at radius 3 is 2.67 bits per heavy atom. The predicted molar refractivity (Wildman–Crippen MR) is 101 cm³/mol. The quantitative estimate of drug-likeness (QED) is 0.611. The van der Waals surface area contributed by atoms with E-state index in [4.69, 9.17) is 21.1 Å². The highest BCUT2D eigenvalue weighted by atomic mass is 35.5. The minimum atomic E-state index is -4.75. The number of fused-ring (bicyclic) bond motifs is 1. The highest BCUT2D eigenvalue weighted by Gasteiger charge is 2.40. The molecule has 0 fully saturated rings. The summed E-state index contributed by atoms with van der Waals surface area (Å²) in [5.74, 6) is 0.429. The van der Waals surface area contributed by atoms with Crippen molar-refractivity contribution in [1.29, 1.82) is 0 Å². The number of amides is 1. The zero-order valence-corrected chi connectivity index (χ0v) is 16.5. The van der Waals surface area contributed by atoms with Crippen molar-refractivity contribution in [3.8, 4) is 17.3 Å². The second-order valence-corrected chi connectivity index (χ2v) is 6.84. The van der Waals surface area contributed by atoms with Crippen LogP contribution in [0.25, 0.3) is 5.82 Å². The van der Waals surface area contributed by atoms with Crippen LogP contribution in [0.4, 0.5) is 18.9 Å². The summed E-state index contributed by atoms with van der Waals surface area (Å²) in [4.78, 5) is 18.2. The van der Waals surface area contributed by atoms with Gasteiger partial charge in [-0.1, -0.05) is 11.6 Å². The summed E-state index contributed by atoms with van der Waals surface area (Å²) in [7, 11) is 1.54. The fourth-order valence-electron chi connectivity index (χ4n) is 2.99. The fourth-order valence-corrected chi connectivity index (χ4v) is 3.22. The van der Waals surface area contributed by atoms with E-state index in [9.17, 15) is 18.0 Å². The summed E-state index contributed by atoms with van der Waals surface area (Å²) in [5.41, 5.74) is -0.503. The van der Waals surface area contributed by atoms with Crippen molar-refractivity contribution in [3.05, 3.63) is 58.5 Å². The standard InChI is InChI=1S/C19H14ClF3N4O3/c1-10-16(20)17(19(21,22)23)27(25-10)15-7-11(5-6-24-15)18(28)26(2)12-3-4-13-14(8-12)30-9-29-13/h3-8H,9H2,1-2H3. The summed E-state index contributed by atoms with van der Waals surface area (Å²) in [5, 5.41) is 3.32. The maximum absolute atomic E-state index is 13.5. The summed E-state index contributed by atoms with van der Waals surface area (Å²) in [6.45, 7) is 1.45. The molecule has 156 valence electrons. The SMILES string of the molecule is Cc1nn(-c2cc(C(=O)N(C)c3ccc4c(c3)OCO4)ccn2)c(C(F)(F)F)c1Cl. The lowest BCUT2D eigenvalue weighted by molar-refractivity contribution is -0.142. The molecule has 30 heavy (non-hydrogen) atoms. The second kappa shape index (κ2) is 7.21. The number of alkyl halides is 3. The van der Waals surface area contributed by atoms with Crippen molar-refractivity contribution in [1.82, 2.24) is 14.8 Å². The van der Waals surface area contributed by atoms with Crippen molar-refractivity contribution in [2.45, 2.75) is 13.1 Å². The molecule has 7 nitrogen and oxygen atoms in total. The first kappa shape index (κ1) is 20.0. The van der Waals surface area contributed by atoms with Gasteiger partial charge in [-0.15, -0.1) is 0 Å². The van der Waals surface area contributed by atoms with Crippen LogP contribution in [0, 0.1) is 6.92 Å². The maximum Gasteiger partial charge on any atom is 0.435 e. The average molecular weight is 439 g/mol. The molecular formula is C19H14ClF3N4O3. The molecule has 0 aliphatic carbocycles. The molecule has 0 unspecified atom stereocenters. The Morgan fingerprint density at radius 1 is 1.20 bits per heavy atom. The molecule has 0 bridgehead atoms. The van der Waals surface area contributed by atoms with Gasteiger partial charge in [-0.25, -0.2) is 9.67 Å². The van der Waals surface area contributed by atoms with E-state index < -0.39 is 22.8 Å². The molecular weight excluding hydrogens is 425 g/mol. The zero-order chi connectivity index (χ0) is 21.6. The number of rotatable bonds is 3. The van der Waals surface area contributed by atoms with Crippen LogP contribution in [-0.2, 0) is 6.18 Å². The van der Waals surface area contributed by atoms with Gasteiger partial charge in [0.05, 0.1) is 10.7 Å². The number of aryl methyl sites for hydroxylation is 1. The van der Waals surface area contributed by atoms with Crippen LogP contribution in [0.5, 0.6) is 11.5 Å². The van der Waals surface area contributed by atoms with Gasteiger partial charge in [-0.3, -0.25) is 4.79 Å². The van der Waals surface area contributed by atoms with Gasteiger partial charge in [0.1, 0.15) is 0 Å². The molecule has 1 aromatic carbocycles. The number of ether oxygens (including phenoxy) is 2. The van der Waals surface area contributed by atoms with E-state index in [1.807, 2.05) is 0 Å². The van der Waals surface area contributed by atoms with Gasteiger partial charge in [0.25, 0.3) is 5.91 Å². The van der Waals surface area contributed by atoms with Crippen LogP contribution in [0.2, 0.25) is 5.02 Å². The van der Waals surface area contributed by atoms with Gasteiger partial charge in [-0.2, -0.15) is 18.3 Å². The van der Waals surface area contributed by atoms with Crippen LogP contribution in [0.3, 0.4) is 0 Å². The van der Waals surface area contributed by atoms with Crippen molar-refractivity contribution in [2.75, 3.05) is 18.7 Å². The highest BCUT2D eigenvalue weighted by molar-refractivity contribution is 6.32. The zero-order valence-electron chi connectivity index (χ0n) is 15.7. The van der Waals surface area contributed by atoms with E-state index in [1.54, 1.807) is 18.2 Å². The summed E-state index contributed by atoms with van der Waals surface area (Å²) in [6, 6.07) is 7.61. The van der Waals surface area contributed by atoms with Crippen molar-refractivity contribution < 1.29 is 27.4 Å². The number of hydrogen-bond acceptors (Lipinski definition) is 5. The molecule has 2 aromatic heterocycles.